The Bertz CT molecular complexity index is 445. The molecule has 1 aromatic rings. The van der Waals surface area contributed by atoms with Gasteiger partial charge in [-0.15, -0.1) is 0 Å². The SMILES string of the molecule is CC(C)CCC(=O)C(=[N+]=[N-])c1ccc(Br)cc1. The van der Waals surface area contributed by atoms with Gasteiger partial charge in [0.25, 0.3) is 0 Å². The van der Waals surface area contributed by atoms with Crippen LogP contribution in [0.3, 0.4) is 0 Å². The largest absolute Gasteiger partial charge is 0.364 e. The van der Waals surface area contributed by atoms with Crippen molar-refractivity contribution in [2.45, 2.75) is 26.7 Å². The van der Waals surface area contributed by atoms with Crippen molar-refractivity contribution in [2.75, 3.05) is 0 Å². The van der Waals surface area contributed by atoms with Gasteiger partial charge in [0.1, 0.15) is 0 Å². The van der Waals surface area contributed by atoms with Gasteiger partial charge in [0, 0.05) is 10.9 Å². The monoisotopic (exact) mass is 294 g/mol. The first kappa shape index (κ1) is 13.8. The maximum absolute atomic E-state index is 11.9. The highest BCUT2D eigenvalue weighted by molar-refractivity contribution is 9.10. The average molecular weight is 295 g/mol. The molecule has 0 aliphatic carbocycles. The number of carbonyl (C=O) groups is 1. The molecule has 0 aliphatic rings. The van der Waals surface area contributed by atoms with Crippen molar-refractivity contribution < 1.29 is 9.58 Å². The third-order valence-corrected chi connectivity index (χ3v) is 2.96. The molecule has 0 amide bonds. The van der Waals surface area contributed by atoms with E-state index >= 15 is 0 Å². The minimum Gasteiger partial charge on any atom is -0.361 e. The molecule has 0 saturated heterocycles. The van der Waals surface area contributed by atoms with Crippen LogP contribution in [0.2, 0.25) is 0 Å². The molecule has 0 unspecified atom stereocenters. The van der Waals surface area contributed by atoms with Gasteiger partial charge in [-0.2, -0.15) is 4.79 Å². The molecule has 0 spiro atoms. The second kappa shape index (κ2) is 6.48. The number of hydrogen-bond acceptors (Lipinski definition) is 1. The summed E-state index contributed by atoms with van der Waals surface area (Å²) in [6, 6.07) is 7.14. The molecule has 0 bridgehead atoms. The predicted molar refractivity (Wildman–Crippen MR) is 70.9 cm³/mol. The Balaban J connectivity index is 2.82. The van der Waals surface area contributed by atoms with E-state index in [0.717, 1.165) is 10.9 Å². The Morgan fingerprint density at radius 2 is 1.94 bits per heavy atom. The number of hydrogen-bond donors (Lipinski definition) is 0. The molecule has 3 nitrogen and oxygen atoms in total. The zero-order chi connectivity index (χ0) is 12.8. The zero-order valence-electron chi connectivity index (χ0n) is 9.98. The van der Waals surface area contributed by atoms with Crippen LogP contribution in [0.5, 0.6) is 0 Å². The van der Waals surface area contributed by atoms with Crippen LogP contribution < -0.4 is 0 Å². The summed E-state index contributed by atoms with van der Waals surface area (Å²) in [6.45, 7) is 4.12. The highest BCUT2D eigenvalue weighted by Gasteiger charge is 2.22. The minimum atomic E-state index is -0.122. The van der Waals surface area contributed by atoms with Crippen molar-refractivity contribution >= 4 is 27.4 Å². The molecule has 4 heteroatoms. The number of carbonyl (C=O) groups excluding carboxylic acids is 1. The molecule has 0 fully saturated rings. The molecule has 0 aliphatic heterocycles. The second-order valence-electron chi connectivity index (χ2n) is 4.31. The lowest BCUT2D eigenvalue weighted by Gasteiger charge is -2.01. The number of nitrogens with zero attached hydrogens (tertiary/aromatic N) is 2. The normalized spacial score (nSPS) is 10.1. The van der Waals surface area contributed by atoms with E-state index in [1.54, 1.807) is 12.1 Å². The van der Waals surface area contributed by atoms with Crippen LogP contribution in [0.25, 0.3) is 5.53 Å². The number of ketones is 1. The molecule has 0 atom stereocenters. The number of benzene rings is 1. The Labute approximate surface area is 110 Å². The van der Waals surface area contributed by atoms with Crippen molar-refractivity contribution in [1.82, 2.24) is 0 Å². The summed E-state index contributed by atoms with van der Waals surface area (Å²) < 4.78 is 0.924. The molecule has 0 saturated carbocycles. The lowest BCUT2D eigenvalue weighted by molar-refractivity contribution is -0.117. The fraction of sp³-hybridized carbons (Fsp3) is 0.385. The van der Waals surface area contributed by atoms with Gasteiger partial charge in [-0.25, -0.2) is 0 Å². The molecular weight excluding hydrogens is 280 g/mol. The quantitative estimate of drug-likeness (QED) is 0.466. The summed E-state index contributed by atoms with van der Waals surface area (Å²) in [5, 5.41) is 0. The van der Waals surface area contributed by atoms with E-state index in [4.69, 9.17) is 5.53 Å². The highest BCUT2D eigenvalue weighted by atomic mass is 79.9. The maximum Gasteiger partial charge on any atom is 0.364 e. The zero-order valence-corrected chi connectivity index (χ0v) is 11.6. The van der Waals surface area contributed by atoms with Gasteiger partial charge < -0.3 is 5.53 Å². The maximum atomic E-state index is 11.9. The van der Waals surface area contributed by atoms with Gasteiger partial charge >= 0.3 is 5.71 Å². The van der Waals surface area contributed by atoms with Gasteiger partial charge in [-0.1, -0.05) is 29.8 Å². The summed E-state index contributed by atoms with van der Waals surface area (Å²) in [6.07, 6.45) is 1.21. The molecule has 0 heterocycles. The van der Waals surface area contributed by atoms with E-state index < -0.39 is 0 Å². The summed E-state index contributed by atoms with van der Waals surface area (Å²) >= 11 is 3.32. The number of halogens is 1. The summed E-state index contributed by atoms with van der Waals surface area (Å²) in [5.41, 5.74) is 9.72. The molecule has 0 radical (unpaired) electrons. The van der Waals surface area contributed by atoms with Crippen LogP contribution in [0.4, 0.5) is 0 Å². The van der Waals surface area contributed by atoms with Crippen molar-refractivity contribution in [2.24, 2.45) is 5.92 Å². The first-order valence-electron chi connectivity index (χ1n) is 5.55. The Hall–Kier alpha value is -1.25. The molecule has 1 rings (SSSR count). The van der Waals surface area contributed by atoms with Crippen LogP contribution in [-0.2, 0) is 4.79 Å². The second-order valence-corrected chi connectivity index (χ2v) is 5.23. The van der Waals surface area contributed by atoms with E-state index in [0.29, 0.717) is 17.9 Å². The fourth-order valence-electron chi connectivity index (χ4n) is 1.42. The molecule has 17 heavy (non-hydrogen) atoms. The number of Topliss-reactive ketones (excluding diaryl/α,β-unsaturated/α-hetero) is 1. The molecule has 0 aromatic heterocycles. The van der Waals surface area contributed by atoms with Crippen LogP contribution in [0.1, 0.15) is 32.3 Å². The smallest absolute Gasteiger partial charge is 0.361 e. The van der Waals surface area contributed by atoms with E-state index in [1.165, 1.54) is 0 Å². The van der Waals surface area contributed by atoms with Gasteiger partial charge in [0.05, 0.1) is 5.56 Å². The van der Waals surface area contributed by atoms with Gasteiger partial charge in [0.2, 0.25) is 5.78 Å². The first-order chi connectivity index (χ1) is 8.04. The lowest BCUT2D eigenvalue weighted by Crippen LogP contribution is -2.17. The van der Waals surface area contributed by atoms with Crippen molar-refractivity contribution in [3.05, 3.63) is 39.8 Å². The molecular formula is C13H15BrN2O. The highest BCUT2D eigenvalue weighted by Crippen LogP contribution is 2.12. The number of rotatable bonds is 5. The topological polar surface area (TPSA) is 53.5 Å². The first-order valence-corrected chi connectivity index (χ1v) is 6.35. The van der Waals surface area contributed by atoms with E-state index in [1.807, 2.05) is 12.1 Å². The molecule has 1 aromatic carbocycles. The predicted octanol–water partition coefficient (Wildman–Crippen LogP) is 3.47. The Morgan fingerprint density at radius 1 is 1.35 bits per heavy atom. The van der Waals surface area contributed by atoms with Gasteiger partial charge in [-0.05, 0) is 36.6 Å². The third kappa shape index (κ3) is 4.25. The van der Waals surface area contributed by atoms with Gasteiger partial charge in [0.15, 0.2) is 0 Å². The molecule has 0 N–H and O–H groups in total. The Morgan fingerprint density at radius 3 is 2.41 bits per heavy atom. The van der Waals surface area contributed by atoms with Crippen LogP contribution in [0.15, 0.2) is 28.7 Å². The van der Waals surface area contributed by atoms with Crippen LogP contribution in [0, 0.1) is 5.92 Å². The summed E-state index contributed by atoms with van der Waals surface area (Å²) in [4.78, 5) is 15.0. The standard InChI is InChI=1S/C13H15BrN2O/c1-9(2)3-8-12(17)13(16-15)10-4-6-11(14)7-5-10/h4-7,9H,3,8H2,1-2H3. The van der Waals surface area contributed by atoms with Crippen molar-refractivity contribution in [3.8, 4) is 0 Å². The summed E-state index contributed by atoms with van der Waals surface area (Å²) in [5.74, 6) is 0.340. The Kier molecular flexibility index (Phi) is 5.26. The van der Waals surface area contributed by atoms with E-state index in [2.05, 4.69) is 34.6 Å². The summed E-state index contributed by atoms with van der Waals surface area (Å²) in [7, 11) is 0. The van der Waals surface area contributed by atoms with Crippen molar-refractivity contribution in [1.29, 1.82) is 0 Å². The molecule has 90 valence electrons. The lowest BCUT2D eigenvalue weighted by atomic mass is 10.00. The minimum absolute atomic E-state index is 0.122. The third-order valence-electron chi connectivity index (χ3n) is 2.43. The fourth-order valence-corrected chi connectivity index (χ4v) is 1.68. The van der Waals surface area contributed by atoms with Crippen molar-refractivity contribution in [3.63, 3.8) is 0 Å². The average Bonchev–Trinajstić information content (AvgIpc) is 2.30. The van der Waals surface area contributed by atoms with Crippen LogP contribution in [-0.4, -0.2) is 16.3 Å². The van der Waals surface area contributed by atoms with Crippen LogP contribution >= 0.6 is 15.9 Å². The van der Waals surface area contributed by atoms with Gasteiger partial charge in [-0.3, -0.25) is 4.79 Å². The van der Waals surface area contributed by atoms with E-state index in [9.17, 15) is 4.79 Å². The van der Waals surface area contributed by atoms with E-state index in [-0.39, 0.29) is 11.5 Å².